The number of hydrogen-bond donors (Lipinski definition) is 1. The number of rotatable bonds is 8. The molecule has 1 N–H and O–H groups in total. The first-order chi connectivity index (χ1) is 12.3. The Morgan fingerprint density at radius 3 is 2.92 bits per heavy atom. The third kappa shape index (κ3) is 5.88. The molecule has 26 heavy (non-hydrogen) atoms. The number of aromatic nitrogens is 1. The van der Waals surface area contributed by atoms with Crippen molar-refractivity contribution in [3.8, 4) is 5.75 Å². The molecule has 1 unspecified atom stereocenters. The van der Waals surface area contributed by atoms with Crippen LogP contribution in [0.1, 0.15) is 20.3 Å². The predicted octanol–water partition coefficient (Wildman–Crippen LogP) is 3.98. The van der Waals surface area contributed by atoms with Crippen molar-refractivity contribution in [2.45, 2.75) is 31.2 Å². The summed E-state index contributed by atoms with van der Waals surface area (Å²) in [6.45, 7) is 3.84. The number of carbonyl (C=O) groups is 1. The van der Waals surface area contributed by atoms with Gasteiger partial charge >= 0.3 is 0 Å². The molecule has 6 nitrogen and oxygen atoms in total. The smallest absolute Gasteiger partial charge is 0.272 e. The van der Waals surface area contributed by atoms with Gasteiger partial charge in [-0.15, -0.1) is 11.8 Å². The van der Waals surface area contributed by atoms with Crippen molar-refractivity contribution in [1.82, 2.24) is 10.3 Å². The minimum atomic E-state index is -0.661. The Balaban J connectivity index is 2.08. The molecule has 0 saturated carbocycles. The molecule has 0 aliphatic heterocycles. The average molecular weight is 440 g/mol. The van der Waals surface area contributed by atoms with Crippen LogP contribution in [-0.2, 0) is 9.63 Å². The second kappa shape index (κ2) is 9.23. The van der Waals surface area contributed by atoms with Crippen LogP contribution in [0.5, 0.6) is 5.75 Å². The van der Waals surface area contributed by atoms with Gasteiger partial charge in [0.05, 0.1) is 5.52 Å². The normalized spacial score (nSPS) is 13.0. The van der Waals surface area contributed by atoms with Crippen molar-refractivity contribution in [3.63, 3.8) is 0 Å². The van der Waals surface area contributed by atoms with E-state index in [0.29, 0.717) is 12.2 Å². The van der Waals surface area contributed by atoms with E-state index < -0.39 is 11.0 Å². The number of thioether (sulfide) groups is 1. The van der Waals surface area contributed by atoms with E-state index in [1.54, 1.807) is 12.4 Å². The summed E-state index contributed by atoms with van der Waals surface area (Å²) in [7, 11) is 1.48. The number of carbonyl (C=O) groups excluding carboxylic acids is 1. The fourth-order valence-electron chi connectivity index (χ4n) is 2.27. The van der Waals surface area contributed by atoms with E-state index in [0.717, 1.165) is 15.4 Å². The SMILES string of the molecule is CON=CCC(C)(C)NC(=O)C(Oc1ccc2ncc(Br)cc2c1)SC. The van der Waals surface area contributed by atoms with Crippen LogP contribution >= 0.6 is 27.7 Å². The highest BCUT2D eigenvalue weighted by Crippen LogP contribution is 2.25. The summed E-state index contributed by atoms with van der Waals surface area (Å²) in [5.74, 6) is 0.423. The maximum absolute atomic E-state index is 12.6. The fourth-order valence-corrected chi connectivity index (χ4v) is 3.10. The lowest BCUT2D eigenvalue weighted by atomic mass is 10.0. The Bertz CT molecular complexity index is 798. The van der Waals surface area contributed by atoms with E-state index in [-0.39, 0.29) is 5.91 Å². The number of amides is 1. The standard InChI is InChI=1S/C18H22BrN3O3S/c1-18(2,7-8-21-24-3)22-16(23)17(26-4)25-14-5-6-15-12(10-14)9-13(19)11-20-15/h5-6,8-11,17H,7H2,1-4H3,(H,22,23). The first-order valence-electron chi connectivity index (χ1n) is 7.96. The number of pyridine rings is 1. The number of ether oxygens (including phenoxy) is 1. The van der Waals surface area contributed by atoms with Crippen LogP contribution in [0.25, 0.3) is 10.9 Å². The van der Waals surface area contributed by atoms with E-state index in [9.17, 15) is 4.79 Å². The summed E-state index contributed by atoms with van der Waals surface area (Å²) in [6, 6.07) is 7.52. The van der Waals surface area contributed by atoms with E-state index in [2.05, 4.69) is 36.2 Å². The highest BCUT2D eigenvalue weighted by atomic mass is 79.9. The van der Waals surface area contributed by atoms with Gasteiger partial charge in [-0.1, -0.05) is 5.16 Å². The lowest BCUT2D eigenvalue weighted by molar-refractivity contribution is -0.126. The van der Waals surface area contributed by atoms with Crippen molar-refractivity contribution >= 4 is 50.7 Å². The van der Waals surface area contributed by atoms with Gasteiger partial charge in [0, 0.05) is 34.2 Å². The molecule has 0 bridgehead atoms. The van der Waals surface area contributed by atoms with Gasteiger partial charge in [0.1, 0.15) is 12.9 Å². The molecular formula is C18H22BrN3O3S. The number of benzene rings is 1. The molecule has 1 amide bonds. The van der Waals surface area contributed by atoms with E-state index >= 15 is 0 Å². The average Bonchev–Trinajstić information content (AvgIpc) is 2.58. The molecule has 2 aromatic rings. The van der Waals surface area contributed by atoms with E-state index in [4.69, 9.17) is 4.74 Å². The van der Waals surface area contributed by atoms with Gasteiger partial charge in [-0.05, 0) is 60.3 Å². The third-order valence-corrected chi connectivity index (χ3v) is 4.71. The number of nitrogens with one attached hydrogen (secondary N) is 1. The van der Waals surface area contributed by atoms with Gasteiger partial charge in [0.25, 0.3) is 5.91 Å². The Labute approximate surface area is 165 Å². The Morgan fingerprint density at radius 2 is 2.23 bits per heavy atom. The molecule has 140 valence electrons. The second-order valence-electron chi connectivity index (χ2n) is 6.24. The quantitative estimate of drug-likeness (QED) is 0.382. The molecule has 2 rings (SSSR count). The van der Waals surface area contributed by atoms with Crippen LogP contribution in [0.4, 0.5) is 0 Å². The van der Waals surface area contributed by atoms with Crippen molar-refractivity contribution < 1.29 is 14.4 Å². The second-order valence-corrected chi connectivity index (χ2v) is 8.06. The van der Waals surface area contributed by atoms with Crippen LogP contribution in [0.15, 0.2) is 40.1 Å². The Hall–Kier alpha value is -1.80. The first-order valence-corrected chi connectivity index (χ1v) is 10.0. The zero-order valence-corrected chi connectivity index (χ0v) is 17.6. The highest BCUT2D eigenvalue weighted by molar-refractivity contribution is 9.10. The Kier molecular flexibility index (Phi) is 7.28. The van der Waals surface area contributed by atoms with Crippen LogP contribution < -0.4 is 10.1 Å². The van der Waals surface area contributed by atoms with E-state index in [1.165, 1.54) is 18.9 Å². The van der Waals surface area contributed by atoms with Gasteiger partial charge in [-0.2, -0.15) is 0 Å². The van der Waals surface area contributed by atoms with Gasteiger partial charge < -0.3 is 14.9 Å². The molecule has 1 aromatic carbocycles. The number of nitrogens with zero attached hydrogens (tertiary/aromatic N) is 2. The molecule has 0 aliphatic rings. The van der Waals surface area contributed by atoms with Crippen LogP contribution in [0, 0.1) is 0 Å². The van der Waals surface area contributed by atoms with Gasteiger partial charge in [-0.25, -0.2) is 0 Å². The largest absolute Gasteiger partial charge is 0.470 e. The summed E-state index contributed by atoms with van der Waals surface area (Å²) in [5.41, 5.74) is -0.260. The van der Waals surface area contributed by atoms with Crippen molar-refractivity contribution in [3.05, 3.63) is 34.9 Å². The maximum atomic E-state index is 12.6. The highest BCUT2D eigenvalue weighted by Gasteiger charge is 2.26. The minimum Gasteiger partial charge on any atom is -0.470 e. The molecule has 1 aromatic heterocycles. The zero-order chi connectivity index (χ0) is 19.2. The maximum Gasteiger partial charge on any atom is 0.272 e. The molecule has 1 atom stereocenters. The monoisotopic (exact) mass is 439 g/mol. The lowest BCUT2D eigenvalue weighted by Crippen LogP contribution is -2.48. The molecule has 0 radical (unpaired) electrons. The molecule has 0 saturated heterocycles. The minimum absolute atomic E-state index is 0.194. The third-order valence-electron chi connectivity index (χ3n) is 3.53. The number of halogens is 1. The van der Waals surface area contributed by atoms with Gasteiger partial charge in [-0.3, -0.25) is 9.78 Å². The summed E-state index contributed by atoms with van der Waals surface area (Å²) < 4.78 is 6.78. The Morgan fingerprint density at radius 1 is 1.46 bits per heavy atom. The molecule has 8 heteroatoms. The van der Waals surface area contributed by atoms with Crippen LogP contribution in [0.2, 0.25) is 0 Å². The number of oxime groups is 1. The first kappa shape index (κ1) is 20.5. The zero-order valence-electron chi connectivity index (χ0n) is 15.2. The molecule has 0 spiro atoms. The van der Waals surface area contributed by atoms with Gasteiger partial charge in [0.15, 0.2) is 0 Å². The summed E-state index contributed by atoms with van der Waals surface area (Å²) in [5, 5.41) is 7.63. The summed E-state index contributed by atoms with van der Waals surface area (Å²) in [4.78, 5) is 21.6. The van der Waals surface area contributed by atoms with Crippen molar-refractivity contribution in [2.24, 2.45) is 5.16 Å². The fraction of sp³-hybridized carbons (Fsp3) is 0.389. The molecular weight excluding hydrogens is 418 g/mol. The van der Waals surface area contributed by atoms with E-state index in [1.807, 2.05) is 44.4 Å². The van der Waals surface area contributed by atoms with Crippen molar-refractivity contribution in [1.29, 1.82) is 0 Å². The predicted molar refractivity (Wildman–Crippen MR) is 110 cm³/mol. The number of hydrogen-bond acceptors (Lipinski definition) is 6. The summed E-state index contributed by atoms with van der Waals surface area (Å²) >= 11 is 4.75. The van der Waals surface area contributed by atoms with Crippen molar-refractivity contribution in [2.75, 3.05) is 13.4 Å². The molecule has 0 aliphatic carbocycles. The molecule has 0 fully saturated rings. The number of fused-ring (bicyclic) bond motifs is 1. The van der Waals surface area contributed by atoms with Crippen LogP contribution in [-0.4, -0.2) is 41.4 Å². The van der Waals surface area contributed by atoms with Crippen LogP contribution in [0.3, 0.4) is 0 Å². The van der Waals surface area contributed by atoms with Gasteiger partial charge in [0.2, 0.25) is 5.44 Å². The topological polar surface area (TPSA) is 72.8 Å². The lowest BCUT2D eigenvalue weighted by Gasteiger charge is -2.27. The summed E-state index contributed by atoms with van der Waals surface area (Å²) in [6.07, 6.45) is 5.76. The molecule has 1 heterocycles.